The van der Waals surface area contributed by atoms with Gasteiger partial charge in [-0.2, -0.15) is 0 Å². The third-order valence-electron chi connectivity index (χ3n) is 5.51. The highest BCUT2D eigenvalue weighted by molar-refractivity contribution is 14.0. The zero-order valence-corrected chi connectivity index (χ0v) is 20.9. The third-order valence-corrected chi connectivity index (χ3v) is 5.51. The number of hydrogen-bond donors (Lipinski definition) is 2. The first-order valence-electron chi connectivity index (χ1n) is 11.2. The Labute approximate surface area is 203 Å². The molecule has 7 heteroatoms. The van der Waals surface area contributed by atoms with Crippen LogP contribution in [0.15, 0.2) is 58.1 Å². The molecular formula is C24H37IN4O2. The fraction of sp³-hybridized carbons (Fsp3) is 0.542. The van der Waals surface area contributed by atoms with Crippen LogP contribution < -0.4 is 10.6 Å². The number of ether oxygens (including phenoxy) is 1. The minimum atomic E-state index is 0. The van der Waals surface area contributed by atoms with Crippen LogP contribution in [0.25, 0.3) is 0 Å². The van der Waals surface area contributed by atoms with E-state index in [1.807, 2.05) is 12.1 Å². The van der Waals surface area contributed by atoms with Gasteiger partial charge in [-0.05, 0) is 43.4 Å². The molecule has 1 aromatic heterocycles. The molecule has 3 rings (SSSR count). The van der Waals surface area contributed by atoms with Crippen molar-refractivity contribution in [2.24, 2.45) is 4.99 Å². The van der Waals surface area contributed by atoms with Crippen LogP contribution in [0.3, 0.4) is 0 Å². The highest BCUT2D eigenvalue weighted by Gasteiger charge is 2.19. The first-order chi connectivity index (χ1) is 14.8. The molecule has 1 aliphatic rings. The topological polar surface area (TPSA) is 62.0 Å². The minimum absolute atomic E-state index is 0. The maximum absolute atomic E-state index is 5.43. The Morgan fingerprint density at radius 1 is 1.13 bits per heavy atom. The summed E-state index contributed by atoms with van der Waals surface area (Å²) >= 11 is 0. The summed E-state index contributed by atoms with van der Waals surface area (Å²) in [6.45, 7) is 5.81. The number of hydrogen-bond acceptors (Lipinski definition) is 4. The smallest absolute Gasteiger partial charge is 0.191 e. The predicted octanol–water partition coefficient (Wildman–Crippen LogP) is 3.72. The van der Waals surface area contributed by atoms with Crippen LogP contribution >= 0.6 is 24.0 Å². The SMILES string of the molecule is COCCCN1CCC(NC(=NCCc2ccco2)NCCc2ccccc2)CC1.I. The molecule has 6 nitrogen and oxygen atoms in total. The number of nitrogens with one attached hydrogen (secondary N) is 2. The van der Waals surface area contributed by atoms with Crippen LogP contribution in [0.1, 0.15) is 30.6 Å². The lowest BCUT2D eigenvalue weighted by Gasteiger charge is -2.33. The van der Waals surface area contributed by atoms with Gasteiger partial charge in [-0.1, -0.05) is 30.3 Å². The average Bonchev–Trinajstić information content (AvgIpc) is 3.29. The summed E-state index contributed by atoms with van der Waals surface area (Å²) in [5.41, 5.74) is 1.34. The Morgan fingerprint density at radius 2 is 1.94 bits per heavy atom. The number of nitrogens with zero attached hydrogens (tertiary/aromatic N) is 2. The lowest BCUT2D eigenvalue weighted by molar-refractivity contribution is 0.155. The Bertz CT molecular complexity index is 716. The van der Waals surface area contributed by atoms with Crippen molar-refractivity contribution >= 4 is 29.9 Å². The van der Waals surface area contributed by atoms with Crippen molar-refractivity contribution in [2.45, 2.75) is 38.1 Å². The van der Waals surface area contributed by atoms with E-state index < -0.39 is 0 Å². The summed E-state index contributed by atoms with van der Waals surface area (Å²) in [4.78, 5) is 7.34. The molecule has 1 aromatic carbocycles. The van der Waals surface area contributed by atoms with E-state index in [-0.39, 0.29) is 24.0 Å². The number of methoxy groups -OCH3 is 1. The average molecular weight is 540 g/mol. The molecule has 0 aliphatic carbocycles. The number of halogens is 1. The fourth-order valence-corrected chi connectivity index (χ4v) is 3.78. The molecule has 0 spiro atoms. The van der Waals surface area contributed by atoms with E-state index in [2.05, 4.69) is 45.9 Å². The number of benzene rings is 1. The standard InChI is InChI=1S/C24H36N4O2.HI/c1-29-19-6-16-28-17-12-22(13-18-28)27-24(26-15-11-23-9-5-20-30-23)25-14-10-21-7-3-2-4-8-21;/h2-5,7-9,20,22H,6,10-19H2,1H3,(H2,25,26,27);1H. The largest absolute Gasteiger partial charge is 0.469 e. The van der Waals surface area contributed by atoms with Gasteiger partial charge in [0, 0.05) is 58.9 Å². The molecule has 2 heterocycles. The van der Waals surface area contributed by atoms with Crippen molar-refractivity contribution in [3.8, 4) is 0 Å². The van der Waals surface area contributed by atoms with Gasteiger partial charge in [-0.3, -0.25) is 4.99 Å². The van der Waals surface area contributed by atoms with E-state index >= 15 is 0 Å². The van der Waals surface area contributed by atoms with Crippen LogP contribution in [-0.2, 0) is 17.6 Å². The maximum atomic E-state index is 5.43. The molecule has 0 unspecified atom stereocenters. The molecule has 1 aliphatic heterocycles. The van der Waals surface area contributed by atoms with Crippen molar-refractivity contribution in [1.29, 1.82) is 0 Å². The number of guanidine groups is 1. The van der Waals surface area contributed by atoms with E-state index in [9.17, 15) is 0 Å². The normalized spacial score (nSPS) is 15.5. The van der Waals surface area contributed by atoms with Gasteiger partial charge in [0.25, 0.3) is 0 Å². The van der Waals surface area contributed by atoms with Gasteiger partial charge in [0.1, 0.15) is 5.76 Å². The molecule has 0 atom stereocenters. The predicted molar refractivity (Wildman–Crippen MR) is 137 cm³/mol. The minimum Gasteiger partial charge on any atom is -0.469 e. The molecule has 2 N–H and O–H groups in total. The summed E-state index contributed by atoms with van der Waals surface area (Å²) in [7, 11) is 1.77. The first-order valence-corrected chi connectivity index (χ1v) is 11.2. The Hall–Kier alpha value is -1.58. The van der Waals surface area contributed by atoms with Gasteiger partial charge in [-0.15, -0.1) is 24.0 Å². The fourth-order valence-electron chi connectivity index (χ4n) is 3.78. The van der Waals surface area contributed by atoms with Crippen molar-refractivity contribution in [3.63, 3.8) is 0 Å². The van der Waals surface area contributed by atoms with Gasteiger partial charge in [-0.25, -0.2) is 0 Å². The highest BCUT2D eigenvalue weighted by atomic mass is 127. The van der Waals surface area contributed by atoms with Crippen molar-refractivity contribution in [1.82, 2.24) is 15.5 Å². The summed E-state index contributed by atoms with van der Waals surface area (Å²) in [6.07, 6.45) is 6.91. The number of aliphatic imine (C=N–C) groups is 1. The third kappa shape index (κ3) is 10.1. The first kappa shape index (κ1) is 25.7. The molecule has 31 heavy (non-hydrogen) atoms. The van der Waals surface area contributed by atoms with Crippen molar-refractivity contribution < 1.29 is 9.15 Å². The molecular weight excluding hydrogens is 503 g/mol. The molecule has 1 saturated heterocycles. The van der Waals surface area contributed by atoms with Crippen LogP contribution in [-0.4, -0.2) is 63.3 Å². The van der Waals surface area contributed by atoms with Gasteiger partial charge >= 0.3 is 0 Å². The van der Waals surface area contributed by atoms with E-state index in [1.165, 1.54) is 5.56 Å². The quantitative estimate of drug-likeness (QED) is 0.197. The van der Waals surface area contributed by atoms with Crippen molar-refractivity contribution in [3.05, 3.63) is 60.1 Å². The second kappa shape index (κ2) is 15.3. The summed E-state index contributed by atoms with van der Waals surface area (Å²) in [6, 6.07) is 15.0. The van der Waals surface area contributed by atoms with Crippen LogP contribution in [0.4, 0.5) is 0 Å². The lowest BCUT2D eigenvalue weighted by atomic mass is 10.1. The Balaban J connectivity index is 0.00000341. The monoisotopic (exact) mass is 540 g/mol. The molecule has 0 radical (unpaired) electrons. The summed E-state index contributed by atoms with van der Waals surface area (Å²) in [5, 5.41) is 7.19. The molecule has 0 bridgehead atoms. The number of piperidine rings is 1. The van der Waals surface area contributed by atoms with Gasteiger partial charge < -0.3 is 24.7 Å². The molecule has 1 fully saturated rings. The number of likely N-dealkylation sites (tertiary alicyclic amines) is 1. The van der Waals surface area contributed by atoms with Gasteiger partial charge in [0.15, 0.2) is 5.96 Å². The van der Waals surface area contributed by atoms with Crippen LogP contribution in [0, 0.1) is 0 Å². The van der Waals surface area contributed by atoms with Crippen LogP contribution in [0.2, 0.25) is 0 Å². The maximum Gasteiger partial charge on any atom is 0.191 e. The van der Waals surface area contributed by atoms with E-state index in [1.54, 1.807) is 13.4 Å². The van der Waals surface area contributed by atoms with E-state index in [0.717, 1.165) is 76.6 Å². The van der Waals surface area contributed by atoms with Gasteiger partial charge in [0.05, 0.1) is 6.26 Å². The summed E-state index contributed by atoms with van der Waals surface area (Å²) < 4.78 is 10.6. The highest BCUT2D eigenvalue weighted by Crippen LogP contribution is 2.11. The molecule has 172 valence electrons. The number of furan rings is 1. The zero-order chi connectivity index (χ0) is 20.9. The molecule has 0 amide bonds. The molecule has 2 aromatic rings. The van der Waals surface area contributed by atoms with Crippen LogP contribution in [0.5, 0.6) is 0 Å². The summed E-state index contributed by atoms with van der Waals surface area (Å²) in [5.74, 6) is 1.89. The van der Waals surface area contributed by atoms with Crippen molar-refractivity contribution in [2.75, 3.05) is 46.4 Å². The second-order valence-electron chi connectivity index (χ2n) is 7.83. The molecule has 0 saturated carbocycles. The lowest BCUT2D eigenvalue weighted by Crippen LogP contribution is -2.49. The van der Waals surface area contributed by atoms with E-state index in [4.69, 9.17) is 14.1 Å². The number of rotatable bonds is 11. The van der Waals surface area contributed by atoms with E-state index in [0.29, 0.717) is 12.6 Å². The second-order valence-corrected chi connectivity index (χ2v) is 7.83. The zero-order valence-electron chi connectivity index (χ0n) is 18.6. The Morgan fingerprint density at radius 3 is 2.65 bits per heavy atom. The Kier molecular flexibility index (Phi) is 12.6. The van der Waals surface area contributed by atoms with Gasteiger partial charge in [0.2, 0.25) is 0 Å².